The Kier molecular flexibility index (Phi) is 6.17. The molecule has 2 heterocycles. The van der Waals surface area contributed by atoms with Crippen molar-refractivity contribution in [2.24, 2.45) is 0 Å². The van der Waals surface area contributed by atoms with Gasteiger partial charge in [0.1, 0.15) is 0 Å². The van der Waals surface area contributed by atoms with Gasteiger partial charge in [-0.25, -0.2) is 9.97 Å². The molecule has 2 aliphatic rings. The number of piperidine rings is 1. The lowest BCUT2D eigenvalue weighted by molar-refractivity contribution is -0.121. The second-order valence-corrected chi connectivity index (χ2v) is 8.02. The fraction of sp³-hybridized carbons (Fsp3) is 0.478. The Morgan fingerprint density at radius 2 is 1.83 bits per heavy atom. The number of hydrogen-bond acceptors (Lipinski definition) is 5. The Hall–Kier alpha value is -2.76. The Labute approximate surface area is 171 Å². The Balaban J connectivity index is 1.27. The molecule has 4 rings (SSSR count). The molecule has 1 fully saturated rings. The summed E-state index contributed by atoms with van der Waals surface area (Å²) >= 11 is 0. The number of Topliss-reactive ketones (excluding diaryl/α,β-unsaturated/α-hetero) is 1. The highest BCUT2D eigenvalue weighted by molar-refractivity contribution is 5.98. The maximum Gasteiger partial charge on any atom is 0.225 e. The van der Waals surface area contributed by atoms with Crippen LogP contribution >= 0.6 is 0 Å². The Bertz CT molecular complexity index is 868. The van der Waals surface area contributed by atoms with Crippen LogP contribution in [0.3, 0.4) is 0 Å². The van der Waals surface area contributed by atoms with Crippen LogP contribution in [0.1, 0.15) is 60.0 Å². The zero-order chi connectivity index (χ0) is 20.1. The molecule has 1 aliphatic carbocycles. The van der Waals surface area contributed by atoms with Crippen molar-refractivity contribution < 1.29 is 9.59 Å². The summed E-state index contributed by atoms with van der Waals surface area (Å²) in [4.78, 5) is 35.7. The first-order chi connectivity index (χ1) is 14.2. The van der Waals surface area contributed by atoms with E-state index in [1.807, 2.05) is 12.1 Å². The van der Waals surface area contributed by atoms with Crippen molar-refractivity contribution in [2.75, 3.05) is 18.0 Å². The van der Waals surface area contributed by atoms with Gasteiger partial charge < -0.3 is 10.2 Å². The van der Waals surface area contributed by atoms with Crippen molar-refractivity contribution in [3.8, 4) is 0 Å². The average Bonchev–Trinajstić information content (AvgIpc) is 2.78. The third kappa shape index (κ3) is 5.00. The third-order valence-corrected chi connectivity index (χ3v) is 5.87. The first kappa shape index (κ1) is 19.6. The standard InChI is InChI=1S/C23H28N4O2/c28-21(19-9-8-17-5-1-2-6-18(17)15-19)10-11-22(29)26-20-7-3-14-27(16-20)23-24-12-4-13-25-23/h4,8-9,12-13,15,20H,1-3,5-7,10-11,14,16H2,(H,26,29)/t20-/m0/s1. The van der Waals surface area contributed by atoms with Gasteiger partial charge in [-0.15, -0.1) is 0 Å². The second-order valence-electron chi connectivity index (χ2n) is 8.02. The van der Waals surface area contributed by atoms with Crippen LogP contribution in [0.5, 0.6) is 0 Å². The molecule has 6 nitrogen and oxygen atoms in total. The molecule has 0 bridgehead atoms. The smallest absolute Gasteiger partial charge is 0.225 e. The number of carbonyl (C=O) groups excluding carboxylic acids is 2. The van der Waals surface area contributed by atoms with E-state index in [9.17, 15) is 9.59 Å². The molecule has 0 spiro atoms. The molecule has 1 aromatic heterocycles. The van der Waals surface area contributed by atoms with Crippen LogP contribution in [0.2, 0.25) is 0 Å². The van der Waals surface area contributed by atoms with Crippen molar-refractivity contribution in [1.29, 1.82) is 0 Å². The van der Waals surface area contributed by atoms with E-state index in [0.717, 1.165) is 37.8 Å². The summed E-state index contributed by atoms with van der Waals surface area (Å²) in [6.45, 7) is 1.60. The van der Waals surface area contributed by atoms with Crippen molar-refractivity contribution in [3.05, 3.63) is 53.3 Å². The molecule has 6 heteroatoms. The highest BCUT2D eigenvalue weighted by Gasteiger charge is 2.23. The number of hydrogen-bond donors (Lipinski definition) is 1. The highest BCUT2D eigenvalue weighted by atomic mass is 16.2. The summed E-state index contributed by atoms with van der Waals surface area (Å²) in [5.74, 6) is 0.697. The number of carbonyl (C=O) groups is 2. The zero-order valence-corrected chi connectivity index (χ0v) is 16.8. The number of nitrogens with zero attached hydrogens (tertiary/aromatic N) is 3. The van der Waals surface area contributed by atoms with Gasteiger partial charge >= 0.3 is 0 Å². The molecule has 1 atom stereocenters. The highest BCUT2D eigenvalue weighted by Crippen LogP contribution is 2.23. The summed E-state index contributed by atoms with van der Waals surface area (Å²) in [6, 6.07) is 7.91. The number of aromatic nitrogens is 2. The van der Waals surface area contributed by atoms with E-state index < -0.39 is 0 Å². The van der Waals surface area contributed by atoms with Crippen LogP contribution in [0.15, 0.2) is 36.7 Å². The van der Waals surface area contributed by atoms with E-state index in [1.165, 1.54) is 24.0 Å². The van der Waals surface area contributed by atoms with Gasteiger partial charge in [0.05, 0.1) is 0 Å². The van der Waals surface area contributed by atoms with Crippen LogP contribution in [0, 0.1) is 0 Å². The van der Waals surface area contributed by atoms with Crippen molar-refractivity contribution in [1.82, 2.24) is 15.3 Å². The van der Waals surface area contributed by atoms with E-state index in [4.69, 9.17) is 0 Å². The minimum absolute atomic E-state index is 0.0523. The molecule has 1 N–H and O–H groups in total. The first-order valence-electron chi connectivity index (χ1n) is 10.7. The molecule has 0 saturated carbocycles. The molecule has 2 aromatic rings. The lowest BCUT2D eigenvalue weighted by Gasteiger charge is -2.33. The molecule has 1 amide bonds. The van der Waals surface area contributed by atoms with E-state index in [0.29, 0.717) is 12.5 Å². The predicted octanol–water partition coefficient (Wildman–Crippen LogP) is 3.10. The maximum atomic E-state index is 12.6. The number of nitrogens with one attached hydrogen (secondary N) is 1. The minimum Gasteiger partial charge on any atom is -0.352 e. The monoisotopic (exact) mass is 392 g/mol. The van der Waals surface area contributed by atoms with Crippen LogP contribution in [-0.2, 0) is 17.6 Å². The van der Waals surface area contributed by atoms with Gasteiger partial charge in [0.25, 0.3) is 0 Å². The fourth-order valence-electron chi connectivity index (χ4n) is 4.31. The van der Waals surface area contributed by atoms with Gasteiger partial charge in [0.2, 0.25) is 11.9 Å². The topological polar surface area (TPSA) is 75.2 Å². The number of fused-ring (bicyclic) bond motifs is 1. The minimum atomic E-state index is -0.0582. The average molecular weight is 393 g/mol. The van der Waals surface area contributed by atoms with Gasteiger partial charge in [-0.1, -0.05) is 12.1 Å². The lowest BCUT2D eigenvalue weighted by atomic mass is 9.89. The zero-order valence-electron chi connectivity index (χ0n) is 16.8. The lowest BCUT2D eigenvalue weighted by Crippen LogP contribution is -2.48. The first-order valence-corrected chi connectivity index (χ1v) is 10.7. The summed E-state index contributed by atoms with van der Waals surface area (Å²) < 4.78 is 0. The number of benzene rings is 1. The Morgan fingerprint density at radius 1 is 1.03 bits per heavy atom. The molecule has 152 valence electrons. The summed E-state index contributed by atoms with van der Waals surface area (Å²) in [7, 11) is 0. The van der Waals surface area contributed by atoms with Gasteiger partial charge in [-0.2, -0.15) is 0 Å². The summed E-state index contributed by atoms with van der Waals surface area (Å²) in [6.07, 6.45) is 10.5. The molecule has 1 aromatic carbocycles. The largest absolute Gasteiger partial charge is 0.352 e. The molecular formula is C23H28N4O2. The second kappa shape index (κ2) is 9.16. The van der Waals surface area contributed by atoms with Crippen LogP contribution in [-0.4, -0.2) is 40.8 Å². The maximum absolute atomic E-state index is 12.6. The quantitative estimate of drug-likeness (QED) is 0.765. The summed E-state index contributed by atoms with van der Waals surface area (Å²) in [5, 5.41) is 3.09. The number of anilines is 1. The van der Waals surface area contributed by atoms with Gasteiger partial charge in [-0.05, 0) is 61.8 Å². The number of amides is 1. The summed E-state index contributed by atoms with van der Waals surface area (Å²) in [5.41, 5.74) is 3.41. The van der Waals surface area contributed by atoms with Crippen molar-refractivity contribution in [2.45, 2.75) is 57.4 Å². The molecule has 1 saturated heterocycles. The van der Waals surface area contributed by atoms with E-state index in [-0.39, 0.29) is 30.6 Å². The SMILES string of the molecule is O=C(CCC(=O)c1ccc2c(c1)CCCC2)N[C@H]1CCCN(c2ncccn2)C1. The third-order valence-electron chi connectivity index (χ3n) is 5.87. The molecular weight excluding hydrogens is 364 g/mol. The van der Waals surface area contributed by atoms with Crippen LogP contribution < -0.4 is 10.2 Å². The van der Waals surface area contributed by atoms with E-state index >= 15 is 0 Å². The van der Waals surface area contributed by atoms with Gasteiger partial charge in [-0.3, -0.25) is 9.59 Å². The van der Waals surface area contributed by atoms with E-state index in [2.05, 4.69) is 26.3 Å². The Morgan fingerprint density at radius 3 is 2.66 bits per heavy atom. The van der Waals surface area contributed by atoms with Crippen molar-refractivity contribution >= 4 is 17.6 Å². The van der Waals surface area contributed by atoms with Crippen molar-refractivity contribution in [3.63, 3.8) is 0 Å². The van der Waals surface area contributed by atoms with Crippen LogP contribution in [0.25, 0.3) is 0 Å². The molecule has 0 radical (unpaired) electrons. The predicted molar refractivity (Wildman–Crippen MR) is 112 cm³/mol. The number of rotatable bonds is 6. The van der Waals surface area contributed by atoms with E-state index in [1.54, 1.807) is 18.5 Å². The number of aryl methyl sites for hydroxylation is 2. The molecule has 0 unspecified atom stereocenters. The van der Waals surface area contributed by atoms with Gasteiger partial charge in [0, 0.05) is 49.9 Å². The molecule has 29 heavy (non-hydrogen) atoms. The van der Waals surface area contributed by atoms with Gasteiger partial charge in [0.15, 0.2) is 5.78 Å². The number of ketones is 1. The molecule has 1 aliphatic heterocycles. The van der Waals surface area contributed by atoms with Crippen LogP contribution in [0.4, 0.5) is 5.95 Å². The fourth-order valence-corrected chi connectivity index (χ4v) is 4.31. The normalized spacial score (nSPS) is 18.8.